The molecule has 0 unspecified atom stereocenters. The molecule has 0 fully saturated rings. The highest BCUT2D eigenvalue weighted by molar-refractivity contribution is 7.87. The molecule has 0 aromatic heterocycles. The van der Waals surface area contributed by atoms with Gasteiger partial charge >= 0.3 is 10.1 Å². The minimum absolute atomic E-state index is 0.0129. The molecule has 0 N–H and O–H groups in total. The fourth-order valence-corrected chi connectivity index (χ4v) is 5.11. The molecule has 0 saturated carbocycles. The number of hydrogen-bond donors (Lipinski definition) is 0. The average Bonchev–Trinajstić information content (AvgIpc) is 2.77. The van der Waals surface area contributed by atoms with Crippen molar-refractivity contribution < 1.29 is 21.8 Å². The van der Waals surface area contributed by atoms with Crippen LogP contribution in [0.15, 0.2) is 71.6 Å². The molecule has 3 rings (SSSR count). The summed E-state index contributed by atoms with van der Waals surface area (Å²) in [5.74, 6) is -0.854. The van der Waals surface area contributed by atoms with Gasteiger partial charge in [0, 0.05) is 12.6 Å². The Morgan fingerprint density at radius 3 is 2.33 bits per heavy atom. The van der Waals surface area contributed by atoms with E-state index in [-0.39, 0.29) is 33.8 Å². The molecule has 8 heteroatoms. The van der Waals surface area contributed by atoms with Crippen LogP contribution in [0.4, 0.5) is 4.39 Å². The zero-order chi connectivity index (χ0) is 24.2. The molecule has 0 saturated heterocycles. The van der Waals surface area contributed by atoms with E-state index in [1.165, 1.54) is 36.4 Å². The number of amides is 1. The third-order valence-corrected chi connectivity index (χ3v) is 7.26. The van der Waals surface area contributed by atoms with Gasteiger partial charge < -0.3 is 9.08 Å². The van der Waals surface area contributed by atoms with Crippen LogP contribution in [0.5, 0.6) is 5.75 Å². The van der Waals surface area contributed by atoms with Crippen molar-refractivity contribution in [1.82, 2.24) is 4.90 Å². The third kappa shape index (κ3) is 5.72. The van der Waals surface area contributed by atoms with Crippen LogP contribution < -0.4 is 4.18 Å². The maximum atomic E-state index is 14.2. The van der Waals surface area contributed by atoms with E-state index in [0.717, 1.165) is 5.56 Å². The molecule has 5 nitrogen and oxygen atoms in total. The van der Waals surface area contributed by atoms with E-state index in [9.17, 15) is 17.6 Å². The van der Waals surface area contributed by atoms with E-state index in [1.54, 1.807) is 42.2 Å². The fraction of sp³-hybridized carbons (Fsp3) is 0.240. The Labute approximate surface area is 198 Å². The summed E-state index contributed by atoms with van der Waals surface area (Å²) in [4.78, 5) is 14.5. The van der Waals surface area contributed by atoms with Gasteiger partial charge in [-0.3, -0.25) is 4.79 Å². The lowest BCUT2D eigenvalue weighted by Crippen LogP contribution is -2.38. The average molecular weight is 490 g/mol. The highest BCUT2D eigenvalue weighted by Gasteiger charge is 2.24. The van der Waals surface area contributed by atoms with Crippen molar-refractivity contribution in [2.75, 3.05) is 0 Å². The van der Waals surface area contributed by atoms with E-state index in [4.69, 9.17) is 15.8 Å². The Kier molecular flexibility index (Phi) is 7.76. The Morgan fingerprint density at radius 2 is 1.73 bits per heavy atom. The number of halogens is 2. The van der Waals surface area contributed by atoms with Crippen LogP contribution in [-0.2, 0) is 16.7 Å². The van der Waals surface area contributed by atoms with Gasteiger partial charge in [0.2, 0.25) is 0 Å². The molecular formula is C25H25ClFNO4S. The van der Waals surface area contributed by atoms with Crippen molar-refractivity contribution >= 4 is 27.6 Å². The number of benzene rings is 3. The van der Waals surface area contributed by atoms with Crippen molar-refractivity contribution in [3.63, 3.8) is 0 Å². The number of rotatable bonds is 8. The summed E-state index contributed by atoms with van der Waals surface area (Å²) in [6.07, 6.45) is 0.691. The molecule has 1 atom stereocenters. The molecule has 0 radical (unpaired) electrons. The first kappa shape index (κ1) is 24.7. The van der Waals surface area contributed by atoms with Gasteiger partial charge in [-0.15, -0.1) is 0 Å². The highest BCUT2D eigenvalue weighted by Crippen LogP contribution is 2.28. The minimum Gasteiger partial charge on any atom is -0.379 e. The molecule has 33 heavy (non-hydrogen) atoms. The number of carbonyl (C=O) groups is 1. The van der Waals surface area contributed by atoms with Gasteiger partial charge in [0.1, 0.15) is 16.5 Å². The number of hydrogen-bond acceptors (Lipinski definition) is 4. The van der Waals surface area contributed by atoms with Crippen LogP contribution in [0.25, 0.3) is 0 Å². The molecule has 0 aliphatic carbocycles. The van der Waals surface area contributed by atoms with E-state index in [1.807, 2.05) is 13.8 Å². The Balaban J connectivity index is 1.81. The Hall–Kier alpha value is -2.90. The smallest absolute Gasteiger partial charge is 0.340 e. The lowest BCUT2D eigenvalue weighted by molar-refractivity contribution is 0.0666. The second-order valence-corrected chi connectivity index (χ2v) is 9.63. The normalized spacial score (nSPS) is 12.3. The Morgan fingerprint density at radius 1 is 1.06 bits per heavy atom. The molecule has 0 bridgehead atoms. The second kappa shape index (κ2) is 10.4. The quantitative estimate of drug-likeness (QED) is 0.364. The van der Waals surface area contributed by atoms with E-state index in [2.05, 4.69) is 0 Å². The standard InChI is InChI=1S/C25H25ClFNO4S/c1-4-18(3)28(25(29)21-9-5-6-11-23(21)27)16-19-12-14-20(15-13-19)32-33(30,31)24-17(2)8-7-10-22(24)26/h5-15,18H,4,16H2,1-3H3/t18-/m1/s1. The van der Waals surface area contributed by atoms with Crippen molar-refractivity contribution in [2.45, 2.75) is 44.7 Å². The zero-order valence-corrected chi connectivity index (χ0v) is 20.2. The van der Waals surface area contributed by atoms with Crippen LogP contribution in [0.2, 0.25) is 5.02 Å². The lowest BCUT2D eigenvalue weighted by Gasteiger charge is -2.29. The van der Waals surface area contributed by atoms with Gasteiger partial charge in [0.25, 0.3) is 5.91 Å². The van der Waals surface area contributed by atoms with Gasteiger partial charge in [0.15, 0.2) is 0 Å². The Bertz CT molecular complexity index is 1230. The first-order chi connectivity index (χ1) is 15.6. The van der Waals surface area contributed by atoms with Gasteiger partial charge in [0.05, 0.1) is 10.6 Å². The van der Waals surface area contributed by atoms with Gasteiger partial charge in [-0.05, 0) is 61.7 Å². The van der Waals surface area contributed by atoms with Gasteiger partial charge in [-0.25, -0.2) is 4.39 Å². The third-order valence-electron chi connectivity index (χ3n) is 5.38. The van der Waals surface area contributed by atoms with Gasteiger partial charge in [-0.1, -0.05) is 54.9 Å². The second-order valence-electron chi connectivity index (χ2n) is 7.74. The zero-order valence-electron chi connectivity index (χ0n) is 18.6. The van der Waals surface area contributed by atoms with Crippen LogP contribution in [0.1, 0.15) is 41.8 Å². The molecule has 0 aliphatic rings. The highest BCUT2D eigenvalue weighted by atomic mass is 35.5. The predicted octanol–water partition coefficient (Wildman–Crippen LogP) is 6.00. The molecule has 3 aromatic rings. The van der Waals surface area contributed by atoms with Crippen molar-refractivity contribution in [3.05, 3.63) is 94.3 Å². The van der Waals surface area contributed by atoms with E-state index >= 15 is 0 Å². The topological polar surface area (TPSA) is 63.7 Å². The number of nitrogens with zero attached hydrogens (tertiary/aromatic N) is 1. The molecule has 1 amide bonds. The molecule has 0 spiro atoms. The van der Waals surface area contributed by atoms with Crippen LogP contribution in [0.3, 0.4) is 0 Å². The summed E-state index contributed by atoms with van der Waals surface area (Å²) < 4.78 is 44.9. The first-order valence-electron chi connectivity index (χ1n) is 10.5. The van der Waals surface area contributed by atoms with Crippen LogP contribution in [-0.4, -0.2) is 25.3 Å². The fourth-order valence-electron chi connectivity index (χ4n) is 3.39. The van der Waals surface area contributed by atoms with E-state index < -0.39 is 21.8 Å². The summed E-state index contributed by atoms with van der Waals surface area (Å²) in [6, 6.07) is 16.9. The summed E-state index contributed by atoms with van der Waals surface area (Å²) in [6.45, 7) is 5.72. The maximum absolute atomic E-state index is 14.2. The lowest BCUT2D eigenvalue weighted by atomic mass is 10.1. The largest absolute Gasteiger partial charge is 0.379 e. The first-order valence-corrected chi connectivity index (χ1v) is 12.3. The summed E-state index contributed by atoms with van der Waals surface area (Å²) in [7, 11) is -4.12. The van der Waals surface area contributed by atoms with Crippen LogP contribution >= 0.6 is 11.6 Å². The number of carbonyl (C=O) groups excluding carboxylic acids is 1. The molecule has 174 valence electrons. The van der Waals surface area contributed by atoms with E-state index in [0.29, 0.717) is 12.0 Å². The molecule has 0 aliphatic heterocycles. The summed E-state index contributed by atoms with van der Waals surface area (Å²) in [5.41, 5.74) is 1.24. The molecule has 0 heterocycles. The predicted molar refractivity (Wildman–Crippen MR) is 126 cm³/mol. The van der Waals surface area contributed by atoms with Crippen molar-refractivity contribution in [1.29, 1.82) is 0 Å². The van der Waals surface area contributed by atoms with Crippen LogP contribution in [0, 0.1) is 12.7 Å². The molecule has 3 aromatic carbocycles. The van der Waals surface area contributed by atoms with Gasteiger partial charge in [-0.2, -0.15) is 8.42 Å². The summed E-state index contributed by atoms with van der Waals surface area (Å²) in [5, 5.41) is 0.0856. The summed E-state index contributed by atoms with van der Waals surface area (Å²) >= 11 is 6.07. The number of aryl methyl sites for hydroxylation is 1. The molecular weight excluding hydrogens is 465 g/mol. The van der Waals surface area contributed by atoms with Crippen molar-refractivity contribution in [2.24, 2.45) is 0 Å². The van der Waals surface area contributed by atoms with Crippen molar-refractivity contribution in [3.8, 4) is 5.75 Å². The monoisotopic (exact) mass is 489 g/mol. The minimum atomic E-state index is -4.12. The SMILES string of the molecule is CC[C@@H](C)N(Cc1ccc(OS(=O)(=O)c2c(C)cccc2Cl)cc1)C(=O)c1ccccc1F. The maximum Gasteiger partial charge on any atom is 0.340 e.